The first-order valence-corrected chi connectivity index (χ1v) is 10.5. The number of hydrogen-bond acceptors (Lipinski definition) is 5. The van der Waals surface area contributed by atoms with Gasteiger partial charge in [-0.3, -0.25) is 4.79 Å². The van der Waals surface area contributed by atoms with E-state index in [1.165, 1.54) is 12.1 Å². The largest absolute Gasteiger partial charge is 0.504 e. The number of carbonyl (C=O) groups is 3. The van der Waals surface area contributed by atoms with Crippen molar-refractivity contribution in [1.29, 1.82) is 0 Å². The van der Waals surface area contributed by atoms with Crippen LogP contribution in [0.3, 0.4) is 0 Å². The Kier molecular flexibility index (Phi) is 5.87. The molecule has 7 heteroatoms. The molecule has 1 atom stereocenters. The molecule has 2 aliphatic carbocycles. The number of aliphatic hydroxyl groups excluding tert-OH is 1. The highest BCUT2D eigenvalue weighted by molar-refractivity contribution is 6.02. The van der Waals surface area contributed by atoms with Gasteiger partial charge in [0.25, 0.3) is 0 Å². The lowest BCUT2D eigenvalue weighted by Crippen LogP contribution is -2.31. The van der Waals surface area contributed by atoms with Gasteiger partial charge in [-0.25, -0.2) is 9.59 Å². The van der Waals surface area contributed by atoms with Crippen molar-refractivity contribution >= 4 is 23.3 Å². The summed E-state index contributed by atoms with van der Waals surface area (Å²) >= 11 is 0. The number of Topliss-reactive ketones (excluding diaryl/α,β-unsaturated/α-hetero) is 1. The third kappa shape index (κ3) is 4.17. The van der Waals surface area contributed by atoms with Gasteiger partial charge in [0.2, 0.25) is 0 Å². The predicted molar refractivity (Wildman–Crippen MR) is 121 cm³/mol. The number of benzene rings is 1. The quantitative estimate of drug-likeness (QED) is 0.612. The van der Waals surface area contributed by atoms with Crippen molar-refractivity contribution in [2.75, 3.05) is 0 Å². The molecule has 7 nitrogen and oxygen atoms in total. The summed E-state index contributed by atoms with van der Waals surface area (Å²) in [5.74, 6) is -2.54. The lowest BCUT2D eigenvalue weighted by molar-refractivity contribution is -0.122. The molecule has 1 aliphatic heterocycles. The van der Waals surface area contributed by atoms with Crippen LogP contribution in [0.15, 0.2) is 83.4 Å². The number of hydrogen-bond donors (Lipinski definition) is 3. The molecule has 0 bridgehead atoms. The summed E-state index contributed by atoms with van der Waals surface area (Å²) < 4.78 is 6.12. The topological polar surface area (TPSA) is 121 Å². The Morgan fingerprint density at radius 1 is 1.06 bits per heavy atom. The fourth-order valence-corrected chi connectivity index (χ4v) is 4.30. The molecule has 1 heterocycles. The minimum atomic E-state index is -1.29. The highest BCUT2D eigenvalue weighted by atomic mass is 16.5. The van der Waals surface area contributed by atoms with Gasteiger partial charge in [0.1, 0.15) is 11.9 Å². The highest BCUT2D eigenvalue weighted by Gasteiger charge is 2.38. The molecule has 0 saturated heterocycles. The monoisotopic (exact) mass is 446 g/mol. The molecular formula is C26H22O7. The molecule has 1 unspecified atom stereocenters. The molecule has 1 aromatic rings. The van der Waals surface area contributed by atoms with E-state index in [-0.39, 0.29) is 46.8 Å². The number of fused-ring (bicyclic) bond motifs is 1. The standard InChI is InChI=1S/C26H22O7/c1-14-6-4-2-3-5-7-20(28)24-22(14)23(18-11-9-16(27)13-21(18)33-24)17-10-8-15(25(29)30)12-19(17)26(31)32/h2-4,6-8,10,12,21,28H,1,5,9,11,13H2,(H,29,30)(H,31,32)/b3-2-,6-4-,20-7+. The maximum absolute atomic E-state index is 12.2. The Morgan fingerprint density at radius 3 is 2.58 bits per heavy atom. The first-order valence-electron chi connectivity index (χ1n) is 10.5. The van der Waals surface area contributed by atoms with Crippen LogP contribution in [0, 0.1) is 0 Å². The van der Waals surface area contributed by atoms with Gasteiger partial charge in [-0.05, 0) is 53.3 Å². The minimum Gasteiger partial charge on any atom is -0.504 e. The van der Waals surface area contributed by atoms with E-state index in [0.717, 1.165) is 11.6 Å². The van der Waals surface area contributed by atoms with Crippen molar-refractivity contribution in [2.24, 2.45) is 0 Å². The van der Waals surface area contributed by atoms with Crippen molar-refractivity contribution < 1.29 is 34.4 Å². The van der Waals surface area contributed by atoms with Crippen LogP contribution in [0.2, 0.25) is 0 Å². The number of rotatable bonds is 3. The Hall–Kier alpha value is -4.13. The molecule has 0 spiro atoms. The van der Waals surface area contributed by atoms with Crippen LogP contribution in [0.5, 0.6) is 0 Å². The molecule has 3 N–H and O–H groups in total. The number of carbonyl (C=O) groups excluding carboxylic acids is 1. The van der Waals surface area contributed by atoms with Gasteiger partial charge >= 0.3 is 11.9 Å². The fraction of sp³-hybridized carbons (Fsp3) is 0.192. The Labute approximate surface area is 190 Å². The summed E-state index contributed by atoms with van der Waals surface area (Å²) in [5, 5.41) is 30.1. The number of aromatic carboxylic acids is 2. The minimum absolute atomic E-state index is 0.0109. The van der Waals surface area contributed by atoms with E-state index in [4.69, 9.17) is 4.74 Å². The molecule has 0 radical (unpaired) electrons. The molecule has 1 saturated carbocycles. The van der Waals surface area contributed by atoms with Gasteiger partial charge in [-0.2, -0.15) is 0 Å². The van der Waals surface area contributed by atoms with Crippen molar-refractivity contribution in [2.45, 2.75) is 31.8 Å². The van der Waals surface area contributed by atoms with Crippen LogP contribution in [0.1, 0.15) is 52.0 Å². The fourth-order valence-electron chi connectivity index (χ4n) is 4.30. The van der Waals surface area contributed by atoms with Crippen molar-refractivity contribution in [3.63, 3.8) is 0 Å². The van der Waals surface area contributed by atoms with Gasteiger partial charge < -0.3 is 20.1 Å². The number of allylic oxidation sites excluding steroid dienone is 8. The van der Waals surface area contributed by atoms with Crippen molar-refractivity contribution in [3.05, 3.63) is 100 Å². The van der Waals surface area contributed by atoms with Crippen LogP contribution in [0.4, 0.5) is 0 Å². The normalized spacial score (nSPS) is 24.1. The first kappa shape index (κ1) is 22.1. The lowest BCUT2D eigenvalue weighted by atomic mass is 9.77. The number of ether oxygens (including phenoxy) is 1. The molecular weight excluding hydrogens is 424 g/mol. The Bertz CT molecular complexity index is 1240. The van der Waals surface area contributed by atoms with E-state index < -0.39 is 18.0 Å². The van der Waals surface area contributed by atoms with E-state index in [2.05, 4.69) is 6.58 Å². The molecule has 0 aromatic heterocycles. The third-order valence-corrected chi connectivity index (χ3v) is 5.85. The second kappa shape index (κ2) is 8.78. The summed E-state index contributed by atoms with van der Waals surface area (Å²) in [6.07, 6.45) is 9.25. The van der Waals surface area contributed by atoms with Crippen LogP contribution in [-0.2, 0) is 9.53 Å². The van der Waals surface area contributed by atoms with Crippen molar-refractivity contribution in [3.8, 4) is 0 Å². The SMILES string of the molecule is C=C1/C=C\C=C/C/C=C(/O)C2=C1C(c1ccc(C(=O)O)cc1C(=O)O)=C1CCC(=O)CC1O2. The van der Waals surface area contributed by atoms with E-state index in [9.17, 15) is 29.7 Å². The zero-order valence-electron chi connectivity index (χ0n) is 17.7. The lowest BCUT2D eigenvalue weighted by Gasteiger charge is -2.36. The molecule has 168 valence electrons. The van der Waals surface area contributed by atoms with Crippen LogP contribution < -0.4 is 0 Å². The van der Waals surface area contributed by atoms with E-state index >= 15 is 0 Å². The van der Waals surface area contributed by atoms with Gasteiger partial charge in [0, 0.05) is 18.4 Å². The smallest absolute Gasteiger partial charge is 0.336 e. The molecule has 33 heavy (non-hydrogen) atoms. The zero-order valence-corrected chi connectivity index (χ0v) is 17.7. The zero-order chi connectivity index (χ0) is 23.7. The Balaban J connectivity index is 2.05. The molecule has 1 aromatic carbocycles. The molecule has 3 aliphatic rings. The average molecular weight is 446 g/mol. The number of carboxylic acids is 2. The number of aliphatic hydroxyl groups is 1. The van der Waals surface area contributed by atoms with E-state index in [0.29, 0.717) is 29.6 Å². The van der Waals surface area contributed by atoms with Gasteiger partial charge in [0.05, 0.1) is 11.1 Å². The molecule has 1 fully saturated rings. The maximum Gasteiger partial charge on any atom is 0.336 e. The van der Waals surface area contributed by atoms with Gasteiger partial charge in [0.15, 0.2) is 11.5 Å². The summed E-state index contributed by atoms with van der Waals surface area (Å²) in [7, 11) is 0. The second-order valence-electron chi connectivity index (χ2n) is 7.96. The molecule has 0 amide bonds. The average Bonchev–Trinajstić information content (AvgIpc) is 2.78. The summed E-state index contributed by atoms with van der Waals surface area (Å²) in [6, 6.07) is 3.91. The highest BCUT2D eigenvalue weighted by Crippen LogP contribution is 2.46. The van der Waals surface area contributed by atoms with Gasteiger partial charge in [-0.1, -0.05) is 36.9 Å². The summed E-state index contributed by atoms with van der Waals surface area (Å²) in [4.78, 5) is 35.8. The van der Waals surface area contributed by atoms with E-state index in [1.807, 2.05) is 12.2 Å². The number of ketones is 1. The van der Waals surface area contributed by atoms with Crippen LogP contribution in [0.25, 0.3) is 5.57 Å². The summed E-state index contributed by atoms with van der Waals surface area (Å²) in [5.41, 5.74) is 2.06. The molecule has 4 rings (SSSR count). The van der Waals surface area contributed by atoms with Crippen LogP contribution in [-0.4, -0.2) is 39.1 Å². The first-order chi connectivity index (χ1) is 15.8. The summed E-state index contributed by atoms with van der Waals surface area (Å²) in [6.45, 7) is 4.12. The van der Waals surface area contributed by atoms with E-state index in [1.54, 1.807) is 18.2 Å². The predicted octanol–water partition coefficient (Wildman–Crippen LogP) is 4.76. The maximum atomic E-state index is 12.2. The van der Waals surface area contributed by atoms with Gasteiger partial charge in [-0.15, -0.1) is 0 Å². The van der Waals surface area contributed by atoms with Crippen LogP contribution >= 0.6 is 0 Å². The Morgan fingerprint density at radius 2 is 1.85 bits per heavy atom. The number of carboxylic acid groups (broad SMARTS) is 2. The third-order valence-electron chi connectivity index (χ3n) is 5.85. The second-order valence-corrected chi connectivity index (χ2v) is 7.96. The van der Waals surface area contributed by atoms with Crippen molar-refractivity contribution in [1.82, 2.24) is 0 Å².